The highest BCUT2D eigenvalue weighted by Gasteiger charge is 2.16. The lowest BCUT2D eigenvalue weighted by Gasteiger charge is -2.24. The maximum Gasteiger partial charge on any atom is 0.340 e. The number of hydrogen-bond donors (Lipinski definition) is 1. The van der Waals surface area contributed by atoms with Crippen LogP contribution in [0.1, 0.15) is 22.8 Å². The molecular weight excluding hydrogens is 264 g/mol. The molecule has 0 aliphatic rings. The zero-order chi connectivity index (χ0) is 15.4. The molecule has 0 aliphatic heterocycles. The summed E-state index contributed by atoms with van der Waals surface area (Å²) in [5, 5.41) is 0. The summed E-state index contributed by atoms with van der Waals surface area (Å²) in [4.78, 5) is 13.9. The molecule has 0 radical (unpaired) electrons. The predicted molar refractivity (Wildman–Crippen MR) is 86.1 cm³/mol. The summed E-state index contributed by atoms with van der Waals surface area (Å²) in [5.74, 6) is -0.393. The molecule has 2 aromatic carbocycles. The molecule has 0 aliphatic carbocycles. The van der Waals surface area contributed by atoms with Gasteiger partial charge in [-0.3, -0.25) is 0 Å². The lowest BCUT2D eigenvalue weighted by atomic mass is 10.1. The molecule has 0 amide bonds. The number of nitrogens with zero attached hydrogens (tertiary/aromatic N) is 1. The highest BCUT2D eigenvalue weighted by atomic mass is 16.5. The summed E-state index contributed by atoms with van der Waals surface area (Å²) in [6.45, 7) is 4.14. The van der Waals surface area contributed by atoms with Crippen LogP contribution < -0.4 is 10.6 Å². The van der Waals surface area contributed by atoms with Crippen molar-refractivity contribution in [3.63, 3.8) is 0 Å². The highest BCUT2D eigenvalue weighted by molar-refractivity contribution is 5.99. The summed E-state index contributed by atoms with van der Waals surface area (Å²) < 4.78 is 5.04. The molecule has 0 spiro atoms. The van der Waals surface area contributed by atoms with E-state index in [9.17, 15) is 4.79 Å². The highest BCUT2D eigenvalue weighted by Crippen LogP contribution is 2.33. The molecule has 0 heterocycles. The number of esters is 1. The van der Waals surface area contributed by atoms with Gasteiger partial charge in [-0.1, -0.05) is 24.3 Å². The second-order valence-electron chi connectivity index (χ2n) is 4.80. The monoisotopic (exact) mass is 284 g/mol. The first kappa shape index (κ1) is 14.9. The van der Waals surface area contributed by atoms with Gasteiger partial charge in [0.1, 0.15) is 0 Å². The van der Waals surface area contributed by atoms with E-state index in [-0.39, 0.29) is 0 Å². The fourth-order valence-corrected chi connectivity index (χ4v) is 2.30. The maximum absolute atomic E-state index is 11.9. The molecule has 0 bridgehead atoms. The number of benzene rings is 2. The predicted octanol–water partition coefficient (Wildman–Crippen LogP) is 3.52. The Hall–Kier alpha value is -2.49. The Morgan fingerprint density at radius 1 is 1.14 bits per heavy atom. The largest absolute Gasteiger partial charge is 0.462 e. The van der Waals surface area contributed by atoms with Crippen molar-refractivity contribution in [3.8, 4) is 0 Å². The lowest BCUT2D eigenvalue weighted by Crippen LogP contribution is -2.15. The molecule has 4 heteroatoms. The third kappa shape index (κ3) is 2.99. The molecule has 0 atom stereocenters. The zero-order valence-corrected chi connectivity index (χ0v) is 12.6. The van der Waals surface area contributed by atoms with Gasteiger partial charge in [0.2, 0.25) is 0 Å². The Balaban J connectivity index is 2.43. The number of carbonyl (C=O) groups is 1. The fourth-order valence-electron chi connectivity index (χ4n) is 2.30. The van der Waals surface area contributed by atoms with Crippen LogP contribution in [0, 0.1) is 6.92 Å². The molecule has 2 aromatic rings. The lowest BCUT2D eigenvalue weighted by molar-refractivity contribution is 0.0527. The molecule has 110 valence electrons. The third-order valence-electron chi connectivity index (χ3n) is 3.42. The van der Waals surface area contributed by atoms with E-state index in [0.717, 1.165) is 16.9 Å². The van der Waals surface area contributed by atoms with Gasteiger partial charge in [0.05, 0.1) is 23.5 Å². The normalized spacial score (nSPS) is 10.2. The quantitative estimate of drug-likeness (QED) is 0.689. The molecule has 2 N–H and O–H groups in total. The molecule has 0 fully saturated rings. The Bertz CT molecular complexity index is 653. The number of hydrogen-bond acceptors (Lipinski definition) is 4. The maximum atomic E-state index is 11.9. The summed E-state index contributed by atoms with van der Waals surface area (Å²) in [5.41, 5.74) is 9.96. The fraction of sp³-hybridized carbons (Fsp3) is 0.235. The molecular formula is C17H20N2O2. The van der Waals surface area contributed by atoms with Gasteiger partial charge in [0.15, 0.2) is 0 Å². The van der Waals surface area contributed by atoms with Crippen molar-refractivity contribution < 1.29 is 9.53 Å². The molecule has 2 rings (SSSR count). The van der Waals surface area contributed by atoms with Crippen LogP contribution in [-0.2, 0) is 4.74 Å². The van der Waals surface area contributed by atoms with Crippen LogP contribution in [0.4, 0.5) is 17.1 Å². The zero-order valence-electron chi connectivity index (χ0n) is 12.6. The second-order valence-corrected chi connectivity index (χ2v) is 4.80. The number of anilines is 3. The minimum absolute atomic E-state index is 0.329. The van der Waals surface area contributed by atoms with E-state index in [1.807, 2.05) is 55.3 Å². The third-order valence-corrected chi connectivity index (χ3v) is 3.42. The molecule has 0 unspecified atom stereocenters. The average Bonchev–Trinajstić information content (AvgIpc) is 2.47. The van der Waals surface area contributed by atoms with E-state index in [4.69, 9.17) is 10.5 Å². The number of rotatable bonds is 4. The topological polar surface area (TPSA) is 55.6 Å². The van der Waals surface area contributed by atoms with Crippen LogP contribution in [0.25, 0.3) is 0 Å². The summed E-state index contributed by atoms with van der Waals surface area (Å²) >= 11 is 0. The minimum atomic E-state index is -0.393. The van der Waals surface area contributed by atoms with Gasteiger partial charge in [0.25, 0.3) is 0 Å². The van der Waals surface area contributed by atoms with E-state index in [2.05, 4.69) is 0 Å². The van der Waals surface area contributed by atoms with Crippen LogP contribution in [0.3, 0.4) is 0 Å². The van der Waals surface area contributed by atoms with Gasteiger partial charge in [-0.15, -0.1) is 0 Å². The molecule has 0 aromatic heterocycles. The van der Waals surface area contributed by atoms with Crippen LogP contribution in [0.2, 0.25) is 0 Å². The standard InChI is InChI=1S/C17H20N2O2/c1-4-21-17(20)13-9-7-11-15(16(13)18)19(3)14-10-6-5-8-12(14)2/h5-11H,4,18H2,1-3H3. The second kappa shape index (κ2) is 6.31. The van der Waals surface area contributed by atoms with E-state index < -0.39 is 5.97 Å². The van der Waals surface area contributed by atoms with Gasteiger partial charge >= 0.3 is 5.97 Å². The first-order valence-electron chi connectivity index (χ1n) is 6.91. The van der Waals surface area contributed by atoms with Crippen molar-refractivity contribution in [2.75, 3.05) is 24.3 Å². The average molecular weight is 284 g/mol. The summed E-state index contributed by atoms with van der Waals surface area (Å²) in [7, 11) is 1.93. The first-order valence-corrected chi connectivity index (χ1v) is 6.91. The Morgan fingerprint density at radius 2 is 1.81 bits per heavy atom. The van der Waals surface area contributed by atoms with E-state index in [1.165, 1.54) is 0 Å². The smallest absolute Gasteiger partial charge is 0.340 e. The van der Waals surface area contributed by atoms with Crippen molar-refractivity contribution >= 4 is 23.0 Å². The van der Waals surface area contributed by atoms with Crippen LogP contribution in [0.15, 0.2) is 42.5 Å². The van der Waals surface area contributed by atoms with Crippen molar-refractivity contribution in [2.24, 2.45) is 0 Å². The van der Waals surface area contributed by atoms with Crippen molar-refractivity contribution in [1.29, 1.82) is 0 Å². The first-order chi connectivity index (χ1) is 10.1. The number of ether oxygens (including phenoxy) is 1. The van der Waals surface area contributed by atoms with Crippen molar-refractivity contribution in [3.05, 3.63) is 53.6 Å². The van der Waals surface area contributed by atoms with Gasteiger partial charge in [-0.05, 0) is 37.6 Å². The number of nitrogens with two attached hydrogens (primary N) is 1. The van der Waals surface area contributed by atoms with Gasteiger partial charge in [0, 0.05) is 12.7 Å². The Morgan fingerprint density at radius 3 is 2.48 bits per heavy atom. The van der Waals surface area contributed by atoms with E-state index in [1.54, 1.807) is 13.0 Å². The van der Waals surface area contributed by atoms with Crippen LogP contribution in [-0.4, -0.2) is 19.6 Å². The minimum Gasteiger partial charge on any atom is -0.462 e. The number of aryl methyl sites for hydroxylation is 1. The van der Waals surface area contributed by atoms with Gasteiger partial charge < -0.3 is 15.4 Å². The molecule has 21 heavy (non-hydrogen) atoms. The summed E-state index contributed by atoms with van der Waals surface area (Å²) in [6.07, 6.45) is 0. The number of para-hydroxylation sites is 2. The molecule has 0 saturated heterocycles. The Kier molecular flexibility index (Phi) is 4.48. The van der Waals surface area contributed by atoms with Crippen molar-refractivity contribution in [2.45, 2.75) is 13.8 Å². The Labute approximate surface area is 125 Å². The van der Waals surface area contributed by atoms with Crippen LogP contribution >= 0.6 is 0 Å². The summed E-state index contributed by atoms with van der Waals surface area (Å²) in [6, 6.07) is 13.4. The molecule has 4 nitrogen and oxygen atoms in total. The van der Waals surface area contributed by atoms with E-state index >= 15 is 0 Å². The van der Waals surface area contributed by atoms with E-state index in [0.29, 0.717) is 17.9 Å². The number of nitrogen functional groups attached to an aromatic ring is 1. The van der Waals surface area contributed by atoms with Crippen LogP contribution in [0.5, 0.6) is 0 Å². The van der Waals surface area contributed by atoms with Gasteiger partial charge in [-0.25, -0.2) is 4.79 Å². The van der Waals surface area contributed by atoms with Gasteiger partial charge in [-0.2, -0.15) is 0 Å². The van der Waals surface area contributed by atoms with Crippen molar-refractivity contribution in [1.82, 2.24) is 0 Å². The number of carbonyl (C=O) groups excluding carboxylic acids is 1. The molecule has 0 saturated carbocycles. The SMILES string of the molecule is CCOC(=O)c1cccc(N(C)c2ccccc2C)c1N.